The van der Waals surface area contributed by atoms with Crippen LogP contribution in [0.2, 0.25) is 0 Å². The van der Waals surface area contributed by atoms with E-state index in [1.165, 1.54) is 11.6 Å². The molecule has 8 nitrogen and oxygen atoms in total. The van der Waals surface area contributed by atoms with E-state index in [1.54, 1.807) is 21.3 Å². The highest BCUT2D eigenvalue weighted by Crippen LogP contribution is 2.43. The van der Waals surface area contributed by atoms with E-state index in [2.05, 4.69) is 4.57 Å². The molecule has 1 atom stereocenters. The molecule has 1 aliphatic heterocycles. The van der Waals surface area contributed by atoms with E-state index in [-0.39, 0.29) is 11.2 Å². The summed E-state index contributed by atoms with van der Waals surface area (Å²) in [5.41, 5.74) is 3.06. The van der Waals surface area contributed by atoms with Crippen LogP contribution in [0.1, 0.15) is 17.4 Å². The minimum absolute atomic E-state index is 0.329. The van der Waals surface area contributed by atoms with E-state index in [1.807, 2.05) is 48.5 Å². The predicted octanol–water partition coefficient (Wildman–Crippen LogP) is 2.84. The molecule has 0 radical (unpaired) electrons. The lowest BCUT2D eigenvalue weighted by Gasteiger charge is -2.28. The molecular formula is C25H25N3O5. The van der Waals surface area contributed by atoms with Crippen LogP contribution < -0.4 is 20.7 Å². The molecule has 2 aromatic carbocycles. The van der Waals surface area contributed by atoms with Gasteiger partial charge in [0.25, 0.3) is 5.56 Å². The van der Waals surface area contributed by atoms with Crippen LogP contribution >= 0.6 is 0 Å². The summed E-state index contributed by atoms with van der Waals surface area (Å²) in [4.78, 5) is 26.4. The Bertz CT molecular complexity index is 1480. The highest BCUT2D eigenvalue weighted by atomic mass is 16.5. The van der Waals surface area contributed by atoms with Crippen LogP contribution in [0.25, 0.3) is 22.2 Å². The Kier molecular flexibility index (Phi) is 5.09. The number of nitrogens with zero attached hydrogens (tertiary/aromatic N) is 3. The van der Waals surface area contributed by atoms with Crippen LogP contribution in [-0.4, -0.2) is 34.5 Å². The van der Waals surface area contributed by atoms with Crippen molar-refractivity contribution in [1.29, 1.82) is 0 Å². The first-order valence-corrected chi connectivity index (χ1v) is 10.7. The minimum atomic E-state index is -0.554. The molecule has 5 rings (SSSR count). The molecular weight excluding hydrogens is 422 g/mol. The Morgan fingerprint density at radius 1 is 0.970 bits per heavy atom. The Morgan fingerprint density at radius 3 is 2.42 bits per heavy atom. The zero-order valence-electron chi connectivity index (χ0n) is 19.0. The van der Waals surface area contributed by atoms with Gasteiger partial charge in [-0.25, -0.2) is 4.79 Å². The van der Waals surface area contributed by atoms with Crippen molar-refractivity contribution in [3.8, 4) is 22.8 Å². The van der Waals surface area contributed by atoms with E-state index >= 15 is 0 Å². The highest BCUT2D eigenvalue weighted by Gasteiger charge is 2.34. The van der Waals surface area contributed by atoms with E-state index in [4.69, 9.17) is 14.2 Å². The number of aryl methyl sites for hydroxylation is 1. The van der Waals surface area contributed by atoms with Crippen LogP contribution in [-0.2, 0) is 25.4 Å². The summed E-state index contributed by atoms with van der Waals surface area (Å²) in [5, 5.41) is 0.498. The fourth-order valence-corrected chi connectivity index (χ4v) is 4.76. The van der Waals surface area contributed by atoms with Gasteiger partial charge in [-0.2, -0.15) is 0 Å². The van der Waals surface area contributed by atoms with Gasteiger partial charge in [0.2, 0.25) is 0 Å². The van der Waals surface area contributed by atoms with Gasteiger partial charge in [-0.1, -0.05) is 30.3 Å². The molecule has 0 N–H and O–H groups in total. The predicted molar refractivity (Wildman–Crippen MR) is 125 cm³/mol. The van der Waals surface area contributed by atoms with Gasteiger partial charge in [0, 0.05) is 26.2 Å². The lowest BCUT2D eigenvalue weighted by Crippen LogP contribution is -2.37. The smallest absolute Gasteiger partial charge is 0.331 e. The third-order valence-electron chi connectivity index (χ3n) is 6.32. The molecule has 0 saturated carbocycles. The Balaban J connectivity index is 1.94. The first-order valence-electron chi connectivity index (χ1n) is 10.7. The maximum atomic E-state index is 13.4. The van der Waals surface area contributed by atoms with Crippen molar-refractivity contribution < 1.29 is 14.2 Å². The lowest BCUT2D eigenvalue weighted by molar-refractivity contribution is 0.0462. The molecule has 0 amide bonds. The molecule has 4 aromatic rings. The summed E-state index contributed by atoms with van der Waals surface area (Å²) in [7, 11) is 6.40. The van der Waals surface area contributed by atoms with Crippen LogP contribution in [0.4, 0.5) is 0 Å². The van der Waals surface area contributed by atoms with Gasteiger partial charge in [-0.05, 0) is 23.8 Å². The molecule has 170 valence electrons. The van der Waals surface area contributed by atoms with Crippen molar-refractivity contribution in [3.05, 3.63) is 80.6 Å². The number of methoxy groups -OCH3 is 2. The van der Waals surface area contributed by atoms with Gasteiger partial charge in [-0.3, -0.25) is 13.9 Å². The van der Waals surface area contributed by atoms with E-state index in [0.29, 0.717) is 35.6 Å². The van der Waals surface area contributed by atoms with Crippen molar-refractivity contribution in [2.75, 3.05) is 20.8 Å². The van der Waals surface area contributed by atoms with Crippen LogP contribution in [0.15, 0.2) is 58.1 Å². The second-order valence-corrected chi connectivity index (χ2v) is 8.04. The summed E-state index contributed by atoms with van der Waals surface area (Å²) < 4.78 is 22.1. The molecule has 0 bridgehead atoms. The Labute approximate surface area is 190 Å². The molecule has 8 heteroatoms. The zero-order chi connectivity index (χ0) is 23.3. The number of hydrogen-bond donors (Lipinski definition) is 0. The molecule has 0 spiro atoms. The molecule has 1 aliphatic rings. The largest absolute Gasteiger partial charge is 0.497 e. The number of aromatic nitrogens is 3. The number of benzene rings is 2. The first kappa shape index (κ1) is 21.1. The van der Waals surface area contributed by atoms with Crippen molar-refractivity contribution >= 4 is 10.9 Å². The standard InChI is InChI=1S/C25H25N3O5/c1-26-21-19(24(29)27(2)25(26)30)20(15-8-6-5-7-9-15)28-12-13-33-23(22(21)28)17-14-16(31-3)10-11-18(17)32-4/h5-11,14,23H,12-13H2,1-4H3. The molecule has 1 unspecified atom stereocenters. The van der Waals surface area contributed by atoms with Gasteiger partial charge >= 0.3 is 5.69 Å². The quantitative estimate of drug-likeness (QED) is 0.481. The average molecular weight is 447 g/mol. The topological polar surface area (TPSA) is 76.6 Å². The zero-order valence-corrected chi connectivity index (χ0v) is 19.0. The number of hydrogen-bond acceptors (Lipinski definition) is 5. The molecule has 3 heterocycles. The molecule has 0 fully saturated rings. The Hall–Kier alpha value is -3.78. The lowest BCUT2D eigenvalue weighted by atomic mass is 10.0. The SMILES string of the molecule is COc1ccc(OC)c(C2OCCn3c(-c4ccccc4)c4c(=O)n(C)c(=O)n(C)c4c32)c1. The summed E-state index contributed by atoms with van der Waals surface area (Å²) in [6, 6.07) is 15.3. The van der Waals surface area contributed by atoms with Crippen LogP contribution in [0.3, 0.4) is 0 Å². The number of ether oxygens (including phenoxy) is 3. The fourth-order valence-electron chi connectivity index (χ4n) is 4.76. The van der Waals surface area contributed by atoms with Gasteiger partial charge in [0.15, 0.2) is 0 Å². The third-order valence-corrected chi connectivity index (χ3v) is 6.32. The first-order chi connectivity index (χ1) is 16.0. The van der Waals surface area contributed by atoms with Crippen molar-refractivity contribution in [1.82, 2.24) is 13.7 Å². The van der Waals surface area contributed by atoms with Gasteiger partial charge < -0.3 is 18.8 Å². The maximum absolute atomic E-state index is 13.4. The second kappa shape index (κ2) is 7.97. The summed E-state index contributed by atoms with van der Waals surface area (Å²) >= 11 is 0. The molecule has 0 saturated heterocycles. The molecule has 2 aromatic heterocycles. The van der Waals surface area contributed by atoms with E-state index in [0.717, 1.165) is 27.1 Å². The second-order valence-electron chi connectivity index (χ2n) is 8.04. The summed E-state index contributed by atoms with van der Waals surface area (Å²) in [5.74, 6) is 1.30. The third kappa shape index (κ3) is 3.09. The van der Waals surface area contributed by atoms with E-state index in [9.17, 15) is 9.59 Å². The van der Waals surface area contributed by atoms with Gasteiger partial charge in [0.1, 0.15) is 17.6 Å². The van der Waals surface area contributed by atoms with E-state index < -0.39 is 6.10 Å². The average Bonchev–Trinajstić information content (AvgIpc) is 3.22. The van der Waals surface area contributed by atoms with Crippen molar-refractivity contribution in [2.45, 2.75) is 12.6 Å². The summed E-state index contributed by atoms with van der Waals surface area (Å²) in [6.45, 7) is 0.988. The number of rotatable bonds is 4. The maximum Gasteiger partial charge on any atom is 0.331 e. The normalized spacial score (nSPS) is 15.5. The Morgan fingerprint density at radius 2 is 1.73 bits per heavy atom. The van der Waals surface area contributed by atoms with Crippen molar-refractivity contribution in [3.63, 3.8) is 0 Å². The van der Waals surface area contributed by atoms with Crippen LogP contribution in [0.5, 0.6) is 11.5 Å². The molecule has 0 aliphatic carbocycles. The molecule has 33 heavy (non-hydrogen) atoms. The van der Waals surface area contributed by atoms with Gasteiger partial charge in [0.05, 0.1) is 43.1 Å². The van der Waals surface area contributed by atoms with Crippen LogP contribution in [0, 0.1) is 0 Å². The van der Waals surface area contributed by atoms with Gasteiger partial charge in [-0.15, -0.1) is 0 Å². The van der Waals surface area contributed by atoms with Crippen molar-refractivity contribution in [2.24, 2.45) is 14.1 Å². The number of fused-ring (bicyclic) bond motifs is 3. The minimum Gasteiger partial charge on any atom is -0.497 e. The highest BCUT2D eigenvalue weighted by molar-refractivity contribution is 5.96. The summed E-state index contributed by atoms with van der Waals surface area (Å²) in [6.07, 6.45) is -0.554. The fraction of sp³-hybridized carbons (Fsp3) is 0.280. The monoisotopic (exact) mass is 447 g/mol.